The fourth-order valence-electron chi connectivity index (χ4n) is 3.50. The molecule has 0 heterocycles. The summed E-state index contributed by atoms with van der Waals surface area (Å²) in [5.41, 5.74) is 0.342. The standard InChI is InChI=1S/C19H30N2O4S/c1-5-21(6-2)26(23,24)18-13-15(11-12-17(18)25-4)19(22)20-16-10-8-7-9-14(16)3/h11-14,16H,5-10H2,1-4H3,(H,20,22). The smallest absolute Gasteiger partial charge is 0.251 e. The first kappa shape index (κ1) is 20.7. The van der Waals surface area contributed by atoms with Gasteiger partial charge in [0.05, 0.1) is 7.11 Å². The van der Waals surface area contributed by atoms with Crippen molar-refractivity contribution in [3.05, 3.63) is 23.8 Å². The lowest BCUT2D eigenvalue weighted by atomic mass is 9.86. The minimum Gasteiger partial charge on any atom is -0.495 e. The van der Waals surface area contributed by atoms with Gasteiger partial charge < -0.3 is 10.1 Å². The molecule has 0 radical (unpaired) electrons. The molecule has 26 heavy (non-hydrogen) atoms. The molecule has 1 N–H and O–H groups in total. The maximum absolute atomic E-state index is 12.9. The van der Waals surface area contributed by atoms with Crippen LogP contribution in [-0.4, -0.2) is 44.9 Å². The molecule has 6 nitrogen and oxygen atoms in total. The molecule has 1 saturated carbocycles. The molecular weight excluding hydrogens is 352 g/mol. The van der Waals surface area contributed by atoms with Crippen molar-refractivity contribution in [2.75, 3.05) is 20.2 Å². The maximum Gasteiger partial charge on any atom is 0.251 e. The van der Waals surface area contributed by atoms with E-state index in [1.807, 2.05) is 0 Å². The highest BCUT2D eigenvalue weighted by Crippen LogP contribution is 2.29. The summed E-state index contributed by atoms with van der Waals surface area (Å²) in [4.78, 5) is 12.7. The zero-order valence-corrected chi connectivity index (χ0v) is 16.9. The van der Waals surface area contributed by atoms with E-state index in [0.29, 0.717) is 24.6 Å². The average Bonchev–Trinajstić information content (AvgIpc) is 2.63. The van der Waals surface area contributed by atoms with Gasteiger partial charge in [0.1, 0.15) is 10.6 Å². The summed E-state index contributed by atoms with van der Waals surface area (Å²) in [5, 5.41) is 3.07. The van der Waals surface area contributed by atoms with Crippen molar-refractivity contribution in [3.63, 3.8) is 0 Å². The lowest BCUT2D eigenvalue weighted by Gasteiger charge is -2.29. The molecular formula is C19H30N2O4S. The van der Waals surface area contributed by atoms with E-state index >= 15 is 0 Å². The van der Waals surface area contributed by atoms with E-state index < -0.39 is 10.0 Å². The van der Waals surface area contributed by atoms with E-state index in [1.165, 1.54) is 23.9 Å². The Hall–Kier alpha value is -1.60. The molecule has 0 spiro atoms. The Morgan fingerprint density at radius 2 is 1.88 bits per heavy atom. The fraction of sp³-hybridized carbons (Fsp3) is 0.632. The van der Waals surface area contributed by atoms with Crippen molar-refractivity contribution in [2.24, 2.45) is 5.92 Å². The summed E-state index contributed by atoms with van der Waals surface area (Å²) in [6.07, 6.45) is 4.38. The van der Waals surface area contributed by atoms with Crippen molar-refractivity contribution in [1.82, 2.24) is 9.62 Å². The monoisotopic (exact) mass is 382 g/mol. The van der Waals surface area contributed by atoms with Crippen molar-refractivity contribution < 1.29 is 17.9 Å². The van der Waals surface area contributed by atoms with Gasteiger partial charge in [0, 0.05) is 24.7 Å². The van der Waals surface area contributed by atoms with Gasteiger partial charge in [-0.2, -0.15) is 4.31 Å². The van der Waals surface area contributed by atoms with Crippen molar-refractivity contribution in [3.8, 4) is 5.75 Å². The SMILES string of the molecule is CCN(CC)S(=O)(=O)c1cc(C(=O)NC2CCCCC2C)ccc1OC. The van der Waals surface area contributed by atoms with Gasteiger partial charge >= 0.3 is 0 Å². The topological polar surface area (TPSA) is 75.7 Å². The number of carbonyl (C=O) groups is 1. The molecule has 2 atom stereocenters. The first-order valence-corrected chi connectivity index (χ1v) is 10.8. The predicted octanol–water partition coefficient (Wildman–Crippen LogP) is 3.03. The van der Waals surface area contributed by atoms with E-state index in [1.54, 1.807) is 26.0 Å². The van der Waals surface area contributed by atoms with Crippen LogP contribution in [-0.2, 0) is 10.0 Å². The average molecular weight is 383 g/mol. The molecule has 1 amide bonds. The van der Waals surface area contributed by atoms with E-state index in [-0.39, 0.29) is 22.6 Å². The van der Waals surface area contributed by atoms with Crippen LogP contribution in [0.15, 0.2) is 23.1 Å². The van der Waals surface area contributed by atoms with Crippen molar-refractivity contribution >= 4 is 15.9 Å². The largest absolute Gasteiger partial charge is 0.495 e. The third-order valence-corrected chi connectivity index (χ3v) is 7.25. The van der Waals surface area contributed by atoms with Crippen LogP contribution in [0.3, 0.4) is 0 Å². The van der Waals surface area contributed by atoms with Crippen LogP contribution in [0, 0.1) is 5.92 Å². The van der Waals surface area contributed by atoms with Crippen LogP contribution < -0.4 is 10.1 Å². The Bertz CT molecular complexity index is 729. The lowest BCUT2D eigenvalue weighted by Crippen LogP contribution is -2.41. The molecule has 0 aliphatic heterocycles. The number of carbonyl (C=O) groups excluding carboxylic acids is 1. The summed E-state index contributed by atoms with van der Waals surface area (Å²) < 4.78 is 32.4. The highest BCUT2D eigenvalue weighted by molar-refractivity contribution is 7.89. The third kappa shape index (κ3) is 4.38. The minimum atomic E-state index is -3.72. The number of rotatable bonds is 7. The molecule has 1 aromatic carbocycles. The summed E-state index contributed by atoms with van der Waals surface area (Å²) >= 11 is 0. The molecule has 0 bridgehead atoms. The second-order valence-corrected chi connectivity index (χ2v) is 8.70. The molecule has 146 valence electrons. The van der Waals surface area contributed by atoms with Crippen LogP contribution in [0.5, 0.6) is 5.75 Å². The molecule has 1 aromatic rings. The number of ether oxygens (including phenoxy) is 1. The normalized spacial score (nSPS) is 20.8. The highest BCUT2D eigenvalue weighted by atomic mass is 32.2. The van der Waals surface area contributed by atoms with E-state index in [2.05, 4.69) is 12.2 Å². The number of nitrogens with zero attached hydrogens (tertiary/aromatic N) is 1. The van der Waals surface area contributed by atoms with E-state index in [9.17, 15) is 13.2 Å². The van der Waals surface area contributed by atoms with Crippen LogP contribution in [0.1, 0.15) is 56.8 Å². The van der Waals surface area contributed by atoms with Gasteiger partial charge in [0.15, 0.2) is 0 Å². The second kappa shape index (κ2) is 8.86. The molecule has 7 heteroatoms. The van der Waals surface area contributed by atoms with Gasteiger partial charge in [-0.25, -0.2) is 8.42 Å². The van der Waals surface area contributed by atoms with E-state index in [4.69, 9.17) is 4.74 Å². The zero-order valence-electron chi connectivity index (χ0n) is 16.1. The lowest BCUT2D eigenvalue weighted by molar-refractivity contribution is 0.0910. The van der Waals surface area contributed by atoms with Crippen molar-refractivity contribution in [2.45, 2.75) is 57.4 Å². The number of nitrogens with one attached hydrogen (secondary N) is 1. The Balaban J connectivity index is 2.32. The first-order chi connectivity index (χ1) is 12.3. The molecule has 2 rings (SSSR count). The van der Waals surface area contributed by atoms with Gasteiger partial charge in [0.2, 0.25) is 10.0 Å². The van der Waals surface area contributed by atoms with Crippen LogP contribution in [0.25, 0.3) is 0 Å². The maximum atomic E-state index is 12.9. The predicted molar refractivity (Wildman–Crippen MR) is 102 cm³/mol. The molecule has 1 aliphatic carbocycles. The Labute approximate surface area is 157 Å². The molecule has 0 aromatic heterocycles. The Morgan fingerprint density at radius 3 is 2.46 bits per heavy atom. The van der Waals surface area contributed by atoms with Gasteiger partial charge in [-0.05, 0) is 37.0 Å². The molecule has 1 fully saturated rings. The number of hydrogen-bond acceptors (Lipinski definition) is 4. The number of amides is 1. The summed E-state index contributed by atoms with van der Waals surface area (Å²) in [7, 11) is -2.28. The van der Waals surface area contributed by atoms with Crippen LogP contribution >= 0.6 is 0 Å². The third-order valence-electron chi connectivity index (χ3n) is 5.18. The number of benzene rings is 1. The van der Waals surface area contributed by atoms with E-state index in [0.717, 1.165) is 19.3 Å². The Kier molecular flexibility index (Phi) is 7.06. The minimum absolute atomic E-state index is 0.0352. The number of methoxy groups -OCH3 is 1. The van der Waals surface area contributed by atoms with Crippen molar-refractivity contribution in [1.29, 1.82) is 0 Å². The quantitative estimate of drug-likeness (QED) is 0.786. The summed E-state index contributed by atoms with van der Waals surface area (Å²) in [6, 6.07) is 4.73. The summed E-state index contributed by atoms with van der Waals surface area (Å²) in [5.74, 6) is 0.451. The number of hydrogen-bond donors (Lipinski definition) is 1. The molecule has 1 aliphatic rings. The van der Waals surface area contributed by atoms with Gasteiger partial charge in [-0.15, -0.1) is 0 Å². The van der Waals surface area contributed by atoms with Gasteiger partial charge in [-0.3, -0.25) is 4.79 Å². The number of sulfonamides is 1. The summed E-state index contributed by atoms with van der Waals surface area (Å²) in [6.45, 7) is 6.44. The van der Waals surface area contributed by atoms with Crippen LogP contribution in [0.2, 0.25) is 0 Å². The van der Waals surface area contributed by atoms with Gasteiger partial charge in [-0.1, -0.05) is 33.6 Å². The molecule has 2 unspecified atom stereocenters. The van der Waals surface area contributed by atoms with Crippen LogP contribution in [0.4, 0.5) is 0 Å². The fourth-order valence-corrected chi connectivity index (χ4v) is 5.14. The van der Waals surface area contributed by atoms with Gasteiger partial charge in [0.25, 0.3) is 5.91 Å². The molecule has 0 saturated heterocycles. The highest BCUT2D eigenvalue weighted by Gasteiger charge is 2.28. The Morgan fingerprint density at radius 1 is 1.23 bits per heavy atom. The second-order valence-electron chi connectivity index (χ2n) is 6.80. The zero-order chi connectivity index (χ0) is 19.3. The first-order valence-electron chi connectivity index (χ1n) is 9.34.